The van der Waals surface area contributed by atoms with Crippen LogP contribution in [0, 0.1) is 0 Å². The summed E-state index contributed by atoms with van der Waals surface area (Å²) in [4.78, 5) is 15.3. The summed E-state index contributed by atoms with van der Waals surface area (Å²) in [6.07, 6.45) is 3.16. The van der Waals surface area contributed by atoms with Gasteiger partial charge in [0.15, 0.2) is 5.03 Å². The van der Waals surface area contributed by atoms with Gasteiger partial charge in [-0.1, -0.05) is 4.40 Å². The fraction of sp³-hybridized carbons (Fsp3) is 0. The zero-order valence-electron chi connectivity index (χ0n) is 5.18. The van der Waals surface area contributed by atoms with Gasteiger partial charge in [0.2, 0.25) is 0 Å². The molecule has 0 spiro atoms. The van der Waals surface area contributed by atoms with Crippen molar-refractivity contribution in [1.29, 1.82) is 0 Å². The molecule has 7 heteroatoms. The van der Waals surface area contributed by atoms with E-state index in [0.717, 1.165) is 12.3 Å². The summed E-state index contributed by atoms with van der Waals surface area (Å²) in [7, 11) is -3.88. The largest absolute Gasteiger partial charge is 0.334 e. The number of carbonyl (C=O) groups excluding carboxylic acids is 1. The molecule has 0 bridgehead atoms. The van der Waals surface area contributed by atoms with E-state index in [1.54, 1.807) is 0 Å². The molecule has 1 N–H and O–H groups in total. The standard InChI is InChI=1S/C4H3N3O3S/c8-3-7-11(9,10)4-1-5-2-6-4/h1-2H,(H,5,6). The lowest BCUT2D eigenvalue weighted by molar-refractivity contribution is 0.563. The number of imidazole rings is 1. The molecular formula is C4H3N3O3S. The van der Waals surface area contributed by atoms with Crippen molar-refractivity contribution < 1.29 is 13.2 Å². The summed E-state index contributed by atoms with van der Waals surface area (Å²) in [6, 6.07) is 0. The average molecular weight is 173 g/mol. The molecule has 11 heavy (non-hydrogen) atoms. The number of nitrogens with zero attached hydrogens (tertiary/aromatic N) is 2. The van der Waals surface area contributed by atoms with Gasteiger partial charge in [-0.2, -0.15) is 8.42 Å². The molecule has 0 radical (unpaired) electrons. The Morgan fingerprint density at radius 1 is 1.64 bits per heavy atom. The Labute approximate surface area is 62.0 Å². The number of hydrogen-bond donors (Lipinski definition) is 1. The van der Waals surface area contributed by atoms with Crippen LogP contribution in [0.2, 0.25) is 0 Å². The maximum absolute atomic E-state index is 10.8. The number of hydrogen-bond acceptors (Lipinski definition) is 4. The second-order valence-corrected chi connectivity index (χ2v) is 3.15. The fourth-order valence-corrected chi connectivity index (χ4v) is 1.07. The first-order chi connectivity index (χ1) is 5.17. The second kappa shape index (κ2) is 2.65. The molecule has 1 aromatic heterocycles. The second-order valence-electron chi connectivity index (χ2n) is 1.57. The van der Waals surface area contributed by atoms with E-state index < -0.39 is 10.0 Å². The molecule has 0 saturated carbocycles. The molecule has 0 atom stereocenters. The van der Waals surface area contributed by atoms with E-state index >= 15 is 0 Å². The molecule has 58 valence electrons. The highest BCUT2D eigenvalue weighted by molar-refractivity contribution is 7.90. The van der Waals surface area contributed by atoms with Gasteiger partial charge in [0.05, 0.1) is 12.5 Å². The summed E-state index contributed by atoms with van der Waals surface area (Å²) in [5.74, 6) is 0. The van der Waals surface area contributed by atoms with E-state index in [2.05, 4.69) is 14.4 Å². The Hall–Kier alpha value is -1.46. The minimum atomic E-state index is -3.88. The van der Waals surface area contributed by atoms with Gasteiger partial charge in [-0.25, -0.2) is 9.78 Å². The Kier molecular flexibility index (Phi) is 1.84. The molecule has 0 unspecified atom stereocenters. The van der Waals surface area contributed by atoms with Crippen LogP contribution in [0.15, 0.2) is 21.9 Å². The number of isocyanates is 1. The summed E-state index contributed by atoms with van der Waals surface area (Å²) >= 11 is 0. The van der Waals surface area contributed by atoms with E-state index in [1.165, 1.54) is 6.33 Å². The zero-order valence-corrected chi connectivity index (χ0v) is 6.00. The van der Waals surface area contributed by atoms with Crippen molar-refractivity contribution in [2.45, 2.75) is 5.03 Å². The quantitative estimate of drug-likeness (QED) is 0.479. The Bertz CT molecular complexity index is 373. The molecule has 1 aromatic rings. The van der Waals surface area contributed by atoms with Crippen molar-refractivity contribution in [3.05, 3.63) is 12.5 Å². The predicted molar refractivity (Wildman–Crippen MR) is 33.9 cm³/mol. The van der Waals surface area contributed by atoms with Crippen molar-refractivity contribution in [2.75, 3.05) is 0 Å². The Balaban J connectivity index is 3.22. The normalized spacial score (nSPS) is 10.5. The number of aromatic nitrogens is 2. The first-order valence-corrected chi connectivity index (χ1v) is 3.93. The molecule has 6 nitrogen and oxygen atoms in total. The highest BCUT2D eigenvalue weighted by atomic mass is 32.2. The molecule has 1 heterocycles. The monoisotopic (exact) mass is 173 g/mol. The first-order valence-electron chi connectivity index (χ1n) is 2.49. The fourth-order valence-electron chi connectivity index (χ4n) is 0.482. The lowest BCUT2D eigenvalue weighted by Gasteiger charge is -1.86. The van der Waals surface area contributed by atoms with Crippen molar-refractivity contribution in [2.24, 2.45) is 4.40 Å². The van der Waals surface area contributed by atoms with Crippen LogP contribution >= 0.6 is 0 Å². The third-order valence-electron chi connectivity index (χ3n) is 0.908. The lowest BCUT2D eigenvalue weighted by Crippen LogP contribution is -1.95. The zero-order chi connectivity index (χ0) is 8.32. The van der Waals surface area contributed by atoms with Crippen LogP contribution in [0.5, 0.6) is 0 Å². The van der Waals surface area contributed by atoms with Gasteiger partial charge in [-0.3, -0.25) is 0 Å². The van der Waals surface area contributed by atoms with Crippen molar-refractivity contribution in [3.63, 3.8) is 0 Å². The predicted octanol–water partition coefficient (Wildman–Crippen LogP) is -0.566. The SMILES string of the molecule is O=C=NS(=O)(=O)c1cnc[nH]1. The summed E-state index contributed by atoms with van der Waals surface area (Å²) in [5, 5.41) is -0.221. The molecule has 0 aliphatic heterocycles. The van der Waals surface area contributed by atoms with E-state index in [4.69, 9.17) is 0 Å². The molecule has 0 aliphatic carbocycles. The summed E-state index contributed by atoms with van der Waals surface area (Å²) in [6.45, 7) is 0. The smallest absolute Gasteiger partial charge is 0.309 e. The van der Waals surface area contributed by atoms with Crippen molar-refractivity contribution in [3.8, 4) is 0 Å². The number of sulfonamides is 1. The van der Waals surface area contributed by atoms with E-state index in [1.807, 2.05) is 0 Å². The van der Waals surface area contributed by atoms with E-state index in [-0.39, 0.29) is 5.03 Å². The highest BCUT2D eigenvalue weighted by Crippen LogP contribution is 2.04. The Morgan fingerprint density at radius 3 is 2.82 bits per heavy atom. The van der Waals surface area contributed by atoms with Crippen LogP contribution in [-0.4, -0.2) is 24.5 Å². The average Bonchev–Trinajstić information content (AvgIpc) is 2.37. The maximum Gasteiger partial charge on any atom is 0.309 e. The van der Waals surface area contributed by atoms with Crippen LogP contribution in [0.3, 0.4) is 0 Å². The molecule has 1 rings (SSSR count). The minimum absolute atomic E-state index is 0.221. The van der Waals surface area contributed by atoms with Crippen LogP contribution in [0.25, 0.3) is 0 Å². The number of rotatable bonds is 2. The number of aromatic amines is 1. The summed E-state index contributed by atoms with van der Waals surface area (Å²) in [5.41, 5.74) is 0. The van der Waals surface area contributed by atoms with Crippen LogP contribution < -0.4 is 0 Å². The maximum atomic E-state index is 10.8. The molecule has 0 saturated heterocycles. The summed E-state index contributed by atoms with van der Waals surface area (Å²) < 4.78 is 24.2. The van der Waals surface area contributed by atoms with Gasteiger partial charge in [0.1, 0.15) is 0 Å². The molecular weight excluding hydrogens is 170 g/mol. The van der Waals surface area contributed by atoms with Crippen molar-refractivity contribution >= 4 is 16.1 Å². The minimum Gasteiger partial charge on any atom is -0.334 e. The first kappa shape index (κ1) is 7.64. The molecule has 0 amide bonds. The number of H-pyrrole nitrogens is 1. The lowest BCUT2D eigenvalue weighted by atomic mass is 11.0. The van der Waals surface area contributed by atoms with E-state index in [9.17, 15) is 13.2 Å². The van der Waals surface area contributed by atoms with Crippen molar-refractivity contribution in [1.82, 2.24) is 9.97 Å². The number of nitrogens with one attached hydrogen (secondary N) is 1. The molecule has 0 fully saturated rings. The third kappa shape index (κ3) is 1.51. The van der Waals surface area contributed by atoms with Gasteiger partial charge >= 0.3 is 10.0 Å². The van der Waals surface area contributed by atoms with Crippen LogP contribution in [0.4, 0.5) is 0 Å². The van der Waals surface area contributed by atoms with Gasteiger partial charge in [-0.15, -0.1) is 0 Å². The van der Waals surface area contributed by atoms with Gasteiger partial charge in [0, 0.05) is 0 Å². The van der Waals surface area contributed by atoms with Gasteiger partial charge < -0.3 is 4.98 Å². The topological polar surface area (TPSA) is 92.2 Å². The Morgan fingerprint density at radius 2 is 2.36 bits per heavy atom. The van der Waals surface area contributed by atoms with Gasteiger partial charge in [0.25, 0.3) is 6.08 Å². The molecule has 0 aliphatic rings. The third-order valence-corrected chi connectivity index (χ3v) is 2.00. The van der Waals surface area contributed by atoms with E-state index in [0.29, 0.717) is 0 Å². The van der Waals surface area contributed by atoms with Crippen LogP contribution in [-0.2, 0) is 14.8 Å². The highest BCUT2D eigenvalue weighted by Gasteiger charge is 2.12. The van der Waals surface area contributed by atoms with Crippen LogP contribution in [0.1, 0.15) is 0 Å². The van der Waals surface area contributed by atoms with Gasteiger partial charge in [-0.05, 0) is 0 Å². The molecule has 0 aromatic carbocycles.